The number of benzene rings is 1. The summed E-state index contributed by atoms with van der Waals surface area (Å²) in [6.07, 6.45) is 2.30. The summed E-state index contributed by atoms with van der Waals surface area (Å²) in [5, 5.41) is 6.55. The predicted octanol–water partition coefficient (Wildman–Crippen LogP) is 2.87. The molecule has 1 aliphatic carbocycles. The summed E-state index contributed by atoms with van der Waals surface area (Å²) in [5.74, 6) is 1.95. The number of ether oxygens (including phenoxy) is 2. The van der Waals surface area contributed by atoms with E-state index in [-0.39, 0.29) is 0 Å². The van der Waals surface area contributed by atoms with Gasteiger partial charge in [0.25, 0.3) is 0 Å². The van der Waals surface area contributed by atoms with E-state index in [1.54, 1.807) is 25.3 Å². The van der Waals surface area contributed by atoms with Gasteiger partial charge in [0.05, 0.1) is 31.2 Å². The molecule has 1 aliphatic rings. The van der Waals surface area contributed by atoms with E-state index >= 15 is 0 Å². The van der Waals surface area contributed by atoms with Gasteiger partial charge < -0.3 is 25.0 Å². The zero-order valence-corrected chi connectivity index (χ0v) is 16.8. The first kappa shape index (κ1) is 19.9. The molecule has 8 heteroatoms. The van der Waals surface area contributed by atoms with Crippen LogP contribution in [0.3, 0.4) is 0 Å². The topological polar surface area (TPSA) is 88.6 Å². The maximum Gasteiger partial charge on any atom is 0.337 e. The molecule has 28 heavy (non-hydrogen) atoms. The third-order valence-corrected chi connectivity index (χ3v) is 4.47. The Labute approximate surface area is 165 Å². The van der Waals surface area contributed by atoms with Crippen LogP contribution in [0.5, 0.6) is 5.75 Å². The highest BCUT2D eigenvalue weighted by Crippen LogP contribution is 2.40. The minimum atomic E-state index is -0.405. The van der Waals surface area contributed by atoms with Crippen molar-refractivity contribution in [2.24, 2.45) is 0 Å². The number of likely N-dealkylation sites (N-methyl/N-ethyl adjacent to an activating group) is 1. The molecule has 0 radical (unpaired) electrons. The fraction of sp³-hybridized carbons (Fsp3) is 0.450. The zero-order chi connectivity index (χ0) is 20.1. The summed E-state index contributed by atoms with van der Waals surface area (Å²) in [4.78, 5) is 23.2. The Balaban J connectivity index is 1.86. The lowest BCUT2D eigenvalue weighted by Gasteiger charge is -2.15. The monoisotopic (exact) mass is 385 g/mol. The molecule has 1 heterocycles. The van der Waals surface area contributed by atoms with Crippen molar-refractivity contribution in [2.45, 2.75) is 18.8 Å². The number of carbonyl (C=O) groups is 1. The zero-order valence-electron chi connectivity index (χ0n) is 16.8. The molecular formula is C20H27N5O3. The molecule has 2 aromatic rings. The molecule has 1 aromatic heterocycles. The summed E-state index contributed by atoms with van der Waals surface area (Å²) in [5.41, 5.74) is 2.10. The number of esters is 1. The average Bonchev–Trinajstić information content (AvgIpc) is 3.52. The number of anilines is 3. The molecule has 3 rings (SSSR count). The van der Waals surface area contributed by atoms with Crippen LogP contribution in [-0.4, -0.2) is 62.2 Å². The van der Waals surface area contributed by atoms with Gasteiger partial charge >= 0.3 is 5.97 Å². The Morgan fingerprint density at radius 3 is 2.64 bits per heavy atom. The van der Waals surface area contributed by atoms with Gasteiger partial charge in [0.1, 0.15) is 11.6 Å². The SMILES string of the molecule is COC(=O)c1ccc(OC)c(Nc2cc(C3CC3)nc(NCCN(C)C)n2)c1. The van der Waals surface area contributed by atoms with Crippen LogP contribution < -0.4 is 15.4 Å². The summed E-state index contributed by atoms with van der Waals surface area (Å²) in [6.45, 7) is 1.64. The van der Waals surface area contributed by atoms with E-state index in [0.717, 1.165) is 31.6 Å². The van der Waals surface area contributed by atoms with E-state index in [0.29, 0.717) is 34.7 Å². The second kappa shape index (κ2) is 8.88. The summed E-state index contributed by atoms with van der Waals surface area (Å²) >= 11 is 0. The number of rotatable bonds is 9. The van der Waals surface area contributed by atoms with Gasteiger partial charge in [0.2, 0.25) is 5.95 Å². The molecule has 0 saturated heterocycles. The van der Waals surface area contributed by atoms with Crippen LogP contribution in [0.25, 0.3) is 0 Å². The first-order chi connectivity index (χ1) is 13.5. The molecule has 1 saturated carbocycles. The molecule has 2 N–H and O–H groups in total. The van der Waals surface area contributed by atoms with Crippen molar-refractivity contribution in [3.8, 4) is 5.75 Å². The molecule has 0 spiro atoms. The summed E-state index contributed by atoms with van der Waals surface area (Å²) in [7, 11) is 6.99. The van der Waals surface area contributed by atoms with Gasteiger partial charge in [0, 0.05) is 25.1 Å². The maximum absolute atomic E-state index is 11.9. The van der Waals surface area contributed by atoms with Crippen molar-refractivity contribution in [3.05, 3.63) is 35.5 Å². The third-order valence-electron chi connectivity index (χ3n) is 4.47. The molecule has 1 aromatic carbocycles. The quantitative estimate of drug-likeness (QED) is 0.637. The second-order valence-electron chi connectivity index (χ2n) is 7.04. The molecule has 1 fully saturated rings. The number of methoxy groups -OCH3 is 2. The first-order valence-electron chi connectivity index (χ1n) is 9.31. The molecule has 0 amide bonds. The molecule has 0 atom stereocenters. The standard InChI is InChI=1S/C20H27N5O3/c1-25(2)10-9-21-20-23-15(13-5-6-13)12-18(24-20)22-16-11-14(19(26)28-4)7-8-17(16)27-3/h7-8,11-13H,5-6,9-10H2,1-4H3,(H2,21,22,23,24). The van der Waals surface area contributed by atoms with Crippen LogP contribution in [0.2, 0.25) is 0 Å². The van der Waals surface area contributed by atoms with Crippen LogP contribution in [0.15, 0.2) is 24.3 Å². The van der Waals surface area contributed by atoms with Gasteiger partial charge in [-0.3, -0.25) is 0 Å². The van der Waals surface area contributed by atoms with E-state index < -0.39 is 5.97 Å². The van der Waals surface area contributed by atoms with E-state index in [2.05, 4.69) is 25.5 Å². The Kier molecular flexibility index (Phi) is 6.30. The average molecular weight is 385 g/mol. The largest absolute Gasteiger partial charge is 0.495 e. The fourth-order valence-corrected chi connectivity index (χ4v) is 2.78. The minimum absolute atomic E-state index is 0.405. The predicted molar refractivity (Wildman–Crippen MR) is 109 cm³/mol. The number of nitrogens with zero attached hydrogens (tertiary/aromatic N) is 3. The lowest BCUT2D eigenvalue weighted by Crippen LogP contribution is -2.21. The van der Waals surface area contributed by atoms with E-state index in [9.17, 15) is 4.79 Å². The number of hydrogen-bond donors (Lipinski definition) is 2. The van der Waals surface area contributed by atoms with Gasteiger partial charge in [-0.25, -0.2) is 9.78 Å². The minimum Gasteiger partial charge on any atom is -0.495 e. The van der Waals surface area contributed by atoms with Crippen LogP contribution >= 0.6 is 0 Å². The third kappa shape index (κ3) is 5.10. The van der Waals surface area contributed by atoms with Crippen molar-refractivity contribution in [1.29, 1.82) is 0 Å². The summed E-state index contributed by atoms with van der Waals surface area (Å²) in [6, 6.07) is 7.05. The van der Waals surface area contributed by atoms with Crippen molar-refractivity contribution in [3.63, 3.8) is 0 Å². The van der Waals surface area contributed by atoms with Crippen LogP contribution in [0.4, 0.5) is 17.5 Å². The fourth-order valence-electron chi connectivity index (χ4n) is 2.78. The van der Waals surface area contributed by atoms with E-state index in [4.69, 9.17) is 9.47 Å². The Hall–Kier alpha value is -2.87. The molecule has 0 bridgehead atoms. The van der Waals surface area contributed by atoms with Crippen molar-refractivity contribution in [2.75, 3.05) is 52.0 Å². The van der Waals surface area contributed by atoms with Crippen LogP contribution in [0.1, 0.15) is 34.8 Å². The Morgan fingerprint density at radius 1 is 1.21 bits per heavy atom. The number of carbonyl (C=O) groups excluding carboxylic acids is 1. The van der Waals surface area contributed by atoms with Gasteiger partial charge in [-0.2, -0.15) is 4.98 Å². The smallest absolute Gasteiger partial charge is 0.337 e. The number of aromatic nitrogens is 2. The Bertz CT molecular complexity index is 837. The highest BCUT2D eigenvalue weighted by Gasteiger charge is 2.26. The van der Waals surface area contributed by atoms with Crippen LogP contribution in [0, 0.1) is 0 Å². The van der Waals surface area contributed by atoms with Crippen LogP contribution in [-0.2, 0) is 4.74 Å². The van der Waals surface area contributed by atoms with Crippen molar-refractivity contribution >= 4 is 23.4 Å². The highest BCUT2D eigenvalue weighted by atomic mass is 16.5. The lowest BCUT2D eigenvalue weighted by molar-refractivity contribution is 0.0600. The molecule has 0 unspecified atom stereocenters. The van der Waals surface area contributed by atoms with Gasteiger partial charge in [-0.05, 0) is 45.1 Å². The highest BCUT2D eigenvalue weighted by molar-refractivity contribution is 5.91. The van der Waals surface area contributed by atoms with Crippen molar-refractivity contribution in [1.82, 2.24) is 14.9 Å². The molecular weight excluding hydrogens is 358 g/mol. The number of nitrogens with one attached hydrogen (secondary N) is 2. The molecule has 150 valence electrons. The maximum atomic E-state index is 11.9. The molecule has 0 aliphatic heterocycles. The van der Waals surface area contributed by atoms with Gasteiger partial charge in [-0.15, -0.1) is 0 Å². The Morgan fingerprint density at radius 2 is 2.00 bits per heavy atom. The normalized spacial score (nSPS) is 13.3. The number of hydrogen-bond acceptors (Lipinski definition) is 8. The van der Waals surface area contributed by atoms with E-state index in [1.165, 1.54) is 7.11 Å². The second-order valence-corrected chi connectivity index (χ2v) is 7.04. The lowest BCUT2D eigenvalue weighted by atomic mass is 10.2. The molecule has 8 nitrogen and oxygen atoms in total. The van der Waals surface area contributed by atoms with E-state index in [1.807, 2.05) is 20.2 Å². The van der Waals surface area contributed by atoms with Gasteiger partial charge in [-0.1, -0.05) is 0 Å². The first-order valence-corrected chi connectivity index (χ1v) is 9.31. The summed E-state index contributed by atoms with van der Waals surface area (Å²) < 4.78 is 10.2. The van der Waals surface area contributed by atoms with Crippen molar-refractivity contribution < 1.29 is 14.3 Å². The van der Waals surface area contributed by atoms with Gasteiger partial charge in [0.15, 0.2) is 0 Å².